The molecule has 2 rings (SSSR count). The number of carbonyl (C=O) groups is 1. The first kappa shape index (κ1) is 15.2. The Balaban J connectivity index is 1.99. The van der Waals surface area contributed by atoms with Crippen LogP contribution >= 0.6 is 34.8 Å². The van der Waals surface area contributed by atoms with Gasteiger partial charge in [-0.3, -0.25) is 0 Å². The van der Waals surface area contributed by atoms with E-state index >= 15 is 0 Å². The summed E-state index contributed by atoms with van der Waals surface area (Å²) in [5, 5.41) is 0.726. The van der Waals surface area contributed by atoms with Crippen molar-refractivity contribution in [3.8, 4) is 0 Å². The molecule has 0 fully saturated rings. The first-order valence-electron chi connectivity index (χ1n) is 5.93. The van der Waals surface area contributed by atoms with Gasteiger partial charge >= 0.3 is 5.97 Å². The van der Waals surface area contributed by atoms with Crippen LogP contribution in [0.3, 0.4) is 0 Å². The van der Waals surface area contributed by atoms with Crippen molar-refractivity contribution in [1.82, 2.24) is 0 Å². The Morgan fingerprint density at radius 1 is 1.05 bits per heavy atom. The molecular weight excluding hydrogens is 319 g/mol. The van der Waals surface area contributed by atoms with E-state index in [9.17, 15) is 4.79 Å². The summed E-state index contributed by atoms with van der Waals surface area (Å²) >= 11 is 17.7. The van der Waals surface area contributed by atoms with E-state index in [4.69, 9.17) is 39.5 Å². The molecule has 0 radical (unpaired) electrons. The average Bonchev–Trinajstić information content (AvgIpc) is 2.44. The normalized spacial score (nSPS) is 10.3. The second-order valence-corrected chi connectivity index (χ2v) is 5.34. The third kappa shape index (κ3) is 3.89. The summed E-state index contributed by atoms with van der Waals surface area (Å²) in [6, 6.07) is 12.7. The van der Waals surface area contributed by atoms with Gasteiger partial charge in [0.25, 0.3) is 0 Å². The second kappa shape index (κ2) is 6.98. The van der Waals surface area contributed by atoms with E-state index in [1.54, 1.807) is 0 Å². The molecule has 0 N–H and O–H groups in total. The van der Waals surface area contributed by atoms with Crippen LogP contribution in [0.5, 0.6) is 0 Å². The van der Waals surface area contributed by atoms with E-state index in [0.29, 0.717) is 11.4 Å². The van der Waals surface area contributed by atoms with Crippen molar-refractivity contribution >= 4 is 40.8 Å². The lowest BCUT2D eigenvalue weighted by Crippen LogP contribution is -2.09. The Labute approximate surface area is 132 Å². The standard InChI is InChI=1S/C15H11Cl3O2/c16-11-8-12(14(18)13(17)9-11)15(19)20-7-6-10-4-2-1-3-5-10/h1-5,8-9H,6-7H2. The number of hydrogen-bond donors (Lipinski definition) is 0. The highest BCUT2D eigenvalue weighted by molar-refractivity contribution is 6.45. The molecule has 2 nitrogen and oxygen atoms in total. The van der Waals surface area contributed by atoms with Crippen molar-refractivity contribution in [2.45, 2.75) is 6.42 Å². The summed E-state index contributed by atoms with van der Waals surface area (Å²) in [6.07, 6.45) is 0.637. The molecule has 0 heterocycles. The van der Waals surface area contributed by atoms with E-state index in [1.807, 2.05) is 30.3 Å². The van der Waals surface area contributed by atoms with Crippen LogP contribution in [0, 0.1) is 0 Å². The molecule has 104 valence electrons. The summed E-state index contributed by atoms with van der Waals surface area (Å²) in [5.74, 6) is -0.532. The Morgan fingerprint density at radius 2 is 1.75 bits per heavy atom. The Bertz CT molecular complexity index is 612. The van der Waals surface area contributed by atoms with E-state index in [0.717, 1.165) is 5.56 Å². The Morgan fingerprint density at radius 3 is 2.45 bits per heavy atom. The highest BCUT2D eigenvalue weighted by Gasteiger charge is 2.15. The van der Waals surface area contributed by atoms with Crippen LogP contribution in [0.15, 0.2) is 42.5 Å². The highest BCUT2D eigenvalue weighted by Crippen LogP contribution is 2.30. The third-order valence-corrected chi connectivity index (χ3v) is 3.70. The number of esters is 1. The lowest BCUT2D eigenvalue weighted by atomic mass is 10.2. The highest BCUT2D eigenvalue weighted by atomic mass is 35.5. The molecule has 0 saturated heterocycles. The zero-order valence-corrected chi connectivity index (χ0v) is 12.7. The van der Waals surface area contributed by atoms with Gasteiger partial charge in [0, 0.05) is 11.4 Å². The molecule has 0 amide bonds. The molecule has 0 spiro atoms. The van der Waals surface area contributed by atoms with Gasteiger partial charge in [-0.05, 0) is 17.7 Å². The Kier molecular flexibility index (Phi) is 5.30. The molecular formula is C15H11Cl3O2. The minimum absolute atomic E-state index is 0.153. The van der Waals surface area contributed by atoms with Crippen molar-refractivity contribution in [3.05, 3.63) is 68.7 Å². The number of benzene rings is 2. The molecule has 20 heavy (non-hydrogen) atoms. The number of halogens is 3. The molecule has 0 aliphatic heterocycles. The lowest BCUT2D eigenvalue weighted by Gasteiger charge is -2.08. The smallest absolute Gasteiger partial charge is 0.339 e. The maximum Gasteiger partial charge on any atom is 0.339 e. The van der Waals surface area contributed by atoms with Crippen LogP contribution < -0.4 is 0 Å². The van der Waals surface area contributed by atoms with Gasteiger partial charge in [-0.2, -0.15) is 0 Å². The molecule has 0 bridgehead atoms. The molecule has 0 aliphatic carbocycles. The molecule has 0 atom stereocenters. The minimum atomic E-state index is -0.532. The summed E-state index contributed by atoms with van der Waals surface area (Å²) in [6.45, 7) is 0.267. The van der Waals surface area contributed by atoms with E-state index in [1.165, 1.54) is 12.1 Å². The molecule has 0 saturated carbocycles. The number of hydrogen-bond acceptors (Lipinski definition) is 2. The molecule has 0 unspecified atom stereocenters. The Hall–Kier alpha value is -1.22. The van der Waals surface area contributed by atoms with Crippen molar-refractivity contribution < 1.29 is 9.53 Å². The van der Waals surface area contributed by atoms with Gasteiger partial charge in [-0.15, -0.1) is 0 Å². The third-order valence-electron chi connectivity index (χ3n) is 2.68. The lowest BCUT2D eigenvalue weighted by molar-refractivity contribution is 0.0509. The molecule has 0 aromatic heterocycles. The van der Waals surface area contributed by atoms with Crippen molar-refractivity contribution in [3.63, 3.8) is 0 Å². The summed E-state index contributed by atoms with van der Waals surface area (Å²) in [4.78, 5) is 11.9. The van der Waals surface area contributed by atoms with Gasteiger partial charge in [-0.1, -0.05) is 65.1 Å². The van der Waals surface area contributed by atoms with Crippen LogP contribution in [0.4, 0.5) is 0 Å². The van der Waals surface area contributed by atoms with E-state index in [2.05, 4.69) is 0 Å². The van der Waals surface area contributed by atoms with Gasteiger partial charge in [0.1, 0.15) is 0 Å². The summed E-state index contributed by atoms with van der Waals surface area (Å²) in [7, 11) is 0. The van der Waals surface area contributed by atoms with Crippen molar-refractivity contribution in [2.24, 2.45) is 0 Å². The number of ether oxygens (including phenoxy) is 1. The minimum Gasteiger partial charge on any atom is -0.462 e. The first-order valence-corrected chi connectivity index (χ1v) is 7.07. The van der Waals surface area contributed by atoms with E-state index < -0.39 is 5.97 Å². The largest absolute Gasteiger partial charge is 0.462 e. The van der Waals surface area contributed by atoms with Crippen LogP contribution in [0.25, 0.3) is 0 Å². The second-order valence-electron chi connectivity index (χ2n) is 4.12. The number of rotatable bonds is 4. The SMILES string of the molecule is O=C(OCCc1ccccc1)c1cc(Cl)cc(Cl)c1Cl. The van der Waals surface area contributed by atoms with Gasteiger partial charge in [0.2, 0.25) is 0 Å². The molecule has 0 aliphatic rings. The van der Waals surface area contributed by atoms with Gasteiger partial charge in [0.15, 0.2) is 0 Å². The summed E-state index contributed by atoms with van der Waals surface area (Å²) in [5.41, 5.74) is 1.27. The summed E-state index contributed by atoms with van der Waals surface area (Å²) < 4.78 is 5.18. The van der Waals surface area contributed by atoms with Gasteiger partial charge in [-0.25, -0.2) is 4.79 Å². The topological polar surface area (TPSA) is 26.3 Å². The van der Waals surface area contributed by atoms with Crippen LogP contribution in [0.1, 0.15) is 15.9 Å². The number of carbonyl (C=O) groups excluding carboxylic acids is 1. The predicted molar refractivity (Wildman–Crippen MR) is 81.9 cm³/mol. The maximum absolute atomic E-state index is 11.9. The molecule has 2 aromatic rings. The monoisotopic (exact) mass is 328 g/mol. The van der Waals surface area contributed by atoms with Crippen LogP contribution in [0.2, 0.25) is 15.1 Å². The first-order chi connectivity index (χ1) is 9.58. The van der Waals surface area contributed by atoms with Crippen LogP contribution in [-0.2, 0) is 11.2 Å². The fourth-order valence-electron chi connectivity index (χ4n) is 1.69. The van der Waals surface area contributed by atoms with E-state index in [-0.39, 0.29) is 22.2 Å². The van der Waals surface area contributed by atoms with Crippen molar-refractivity contribution in [1.29, 1.82) is 0 Å². The molecule has 5 heteroatoms. The molecule has 2 aromatic carbocycles. The predicted octanol–water partition coefficient (Wildman–Crippen LogP) is 5.05. The average molecular weight is 330 g/mol. The maximum atomic E-state index is 11.9. The quantitative estimate of drug-likeness (QED) is 0.580. The zero-order chi connectivity index (χ0) is 14.5. The van der Waals surface area contributed by atoms with Gasteiger partial charge < -0.3 is 4.74 Å². The fourth-order valence-corrected chi connectivity index (χ4v) is 2.37. The van der Waals surface area contributed by atoms with Crippen molar-refractivity contribution in [2.75, 3.05) is 6.61 Å². The zero-order valence-electron chi connectivity index (χ0n) is 10.4. The van der Waals surface area contributed by atoms with Gasteiger partial charge in [0.05, 0.1) is 22.2 Å². The van der Waals surface area contributed by atoms with Crippen LogP contribution in [-0.4, -0.2) is 12.6 Å². The fraction of sp³-hybridized carbons (Fsp3) is 0.133.